The van der Waals surface area contributed by atoms with Gasteiger partial charge >= 0.3 is 0 Å². The second-order valence-corrected chi connectivity index (χ2v) is 6.45. The molecule has 0 aliphatic heterocycles. The Labute approximate surface area is 128 Å². The first-order valence-corrected chi connectivity index (χ1v) is 8.04. The third-order valence-electron chi connectivity index (χ3n) is 3.73. The number of aromatic nitrogens is 1. The van der Waals surface area contributed by atoms with Crippen molar-refractivity contribution < 1.29 is 4.74 Å². The number of pyridine rings is 1. The van der Waals surface area contributed by atoms with E-state index in [0.29, 0.717) is 6.04 Å². The summed E-state index contributed by atoms with van der Waals surface area (Å²) in [6.45, 7) is 9.87. The molecule has 2 rings (SSSR count). The van der Waals surface area contributed by atoms with Gasteiger partial charge in [0.2, 0.25) is 0 Å². The van der Waals surface area contributed by atoms with Crippen LogP contribution in [0.15, 0.2) is 12.1 Å². The average molecular weight is 291 g/mol. The number of nitrogens with one attached hydrogen (secondary N) is 1. The predicted octanol–water partition coefficient (Wildman–Crippen LogP) is 2.75. The molecule has 1 saturated carbocycles. The summed E-state index contributed by atoms with van der Waals surface area (Å²) in [5, 5.41) is 3.46. The summed E-state index contributed by atoms with van der Waals surface area (Å²) in [4.78, 5) is 6.81. The SMILES string of the molecule is Cc1cc(CNC(C)C)cc(N(C)CCOCC2CC2)n1. The quantitative estimate of drug-likeness (QED) is 0.710. The topological polar surface area (TPSA) is 37.4 Å². The van der Waals surface area contributed by atoms with E-state index >= 15 is 0 Å². The highest BCUT2D eigenvalue weighted by molar-refractivity contribution is 5.41. The van der Waals surface area contributed by atoms with Gasteiger partial charge < -0.3 is 15.0 Å². The number of likely N-dealkylation sites (N-methyl/N-ethyl adjacent to an activating group) is 1. The maximum atomic E-state index is 5.71. The van der Waals surface area contributed by atoms with Crippen molar-refractivity contribution in [2.45, 2.75) is 46.2 Å². The largest absolute Gasteiger partial charge is 0.379 e. The lowest BCUT2D eigenvalue weighted by molar-refractivity contribution is 0.131. The van der Waals surface area contributed by atoms with Gasteiger partial charge in [0.15, 0.2) is 0 Å². The summed E-state index contributed by atoms with van der Waals surface area (Å²) < 4.78 is 5.71. The fraction of sp³-hybridized carbons (Fsp3) is 0.706. The van der Waals surface area contributed by atoms with E-state index in [2.05, 4.69) is 55.2 Å². The maximum Gasteiger partial charge on any atom is 0.128 e. The molecule has 0 aromatic carbocycles. The molecule has 1 aromatic rings. The Balaban J connectivity index is 1.84. The average Bonchev–Trinajstić information content (AvgIpc) is 3.24. The van der Waals surface area contributed by atoms with Crippen molar-refractivity contribution in [1.82, 2.24) is 10.3 Å². The minimum Gasteiger partial charge on any atom is -0.379 e. The van der Waals surface area contributed by atoms with E-state index in [0.717, 1.165) is 43.7 Å². The third-order valence-corrected chi connectivity index (χ3v) is 3.73. The molecule has 1 aromatic heterocycles. The molecule has 0 spiro atoms. The highest BCUT2D eigenvalue weighted by Crippen LogP contribution is 2.28. The molecule has 0 saturated heterocycles. The zero-order chi connectivity index (χ0) is 15.2. The molecular formula is C17H29N3O. The van der Waals surface area contributed by atoms with Gasteiger partial charge in [-0.25, -0.2) is 4.98 Å². The lowest BCUT2D eigenvalue weighted by atomic mass is 10.2. The zero-order valence-corrected chi connectivity index (χ0v) is 13.9. The zero-order valence-electron chi connectivity index (χ0n) is 13.9. The van der Waals surface area contributed by atoms with Crippen molar-refractivity contribution in [2.75, 3.05) is 31.7 Å². The van der Waals surface area contributed by atoms with Gasteiger partial charge in [-0.15, -0.1) is 0 Å². The molecule has 0 radical (unpaired) electrons. The lowest BCUT2D eigenvalue weighted by Gasteiger charge is -2.20. The summed E-state index contributed by atoms with van der Waals surface area (Å²) in [5.41, 5.74) is 2.36. The van der Waals surface area contributed by atoms with Crippen LogP contribution in [-0.4, -0.2) is 37.8 Å². The number of hydrogen-bond donors (Lipinski definition) is 1. The number of anilines is 1. The number of aryl methyl sites for hydroxylation is 1. The molecule has 21 heavy (non-hydrogen) atoms. The smallest absolute Gasteiger partial charge is 0.128 e. The number of ether oxygens (including phenoxy) is 1. The molecule has 1 fully saturated rings. The minimum atomic E-state index is 0.496. The van der Waals surface area contributed by atoms with Gasteiger partial charge in [0.05, 0.1) is 6.61 Å². The molecule has 4 nitrogen and oxygen atoms in total. The van der Waals surface area contributed by atoms with Gasteiger partial charge in [0.25, 0.3) is 0 Å². The van der Waals surface area contributed by atoms with Gasteiger partial charge in [-0.1, -0.05) is 13.8 Å². The molecular weight excluding hydrogens is 262 g/mol. The van der Waals surface area contributed by atoms with E-state index in [1.54, 1.807) is 0 Å². The van der Waals surface area contributed by atoms with Crippen molar-refractivity contribution >= 4 is 5.82 Å². The van der Waals surface area contributed by atoms with Crippen LogP contribution in [0.2, 0.25) is 0 Å². The van der Waals surface area contributed by atoms with Crippen LogP contribution in [-0.2, 0) is 11.3 Å². The molecule has 1 N–H and O–H groups in total. The van der Waals surface area contributed by atoms with Crippen molar-refractivity contribution in [1.29, 1.82) is 0 Å². The van der Waals surface area contributed by atoms with Gasteiger partial charge in [-0.2, -0.15) is 0 Å². The van der Waals surface area contributed by atoms with Crippen LogP contribution < -0.4 is 10.2 Å². The Hall–Kier alpha value is -1.13. The molecule has 0 atom stereocenters. The number of nitrogens with zero attached hydrogens (tertiary/aromatic N) is 2. The van der Waals surface area contributed by atoms with Gasteiger partial charge in [-0.3, -0.25) is 0 Å². The Kier molecular flexibility index (Phi) is 6.00. The molecule has 0 amide bonds. The van der Waals surface area contributed by atoms with Crippen LogP contribution in [0.4, 0.5) is 5.82 Å². The van der Waals surface area contributed by atoms with E-state index in [-0.39, 0.29) is 0 Å². The van der Waals surface area contributed by atoms with Crippen LogP contribution >= 0.6 is 0 Å². The van der Waals surface area contributed by atoms with E-state index in [9.17, 15) is 0 Å². The van der Waals surface area contributed by atoms with Crippen LogP contribution in [0.5, 0.6) is 0 Å². The Morgan fingerprint density at radius 3 is 2.81 bits per heavy atom. The molecule has 4 heteroatoms. The highest BCUT2D eigenvalue weighted by atomic mass is 16.5. The summed E-state index contributed by atoms with van der Waals surface area (Å²) in [5.74, 6) is 1.87. The van der Waals surface area contributed by atoms with E-state index in [1.807, 2.05) is 0 Å². The standard InChI is InChI=1S/C17H29N3O/c1-13(2)18-11-16-9-14(3)19-17(10-16)20(4)7-8-21-12-15-5-6-15/h9-10,13,15,18H,5-8,11-12H2,1-4H3. The van der Waals surface area contributed by atoms with Crippen LogP contribution in [0, 0.1) is 12.8 Å². The van der Waals surface area contributed by atoms with Crippen molar-refractivity contribution in [2.24, 2.45) is 5.92 Å². The van der Waals surface area contributed by atoms with Gasteiger partial charge in [0.1, 0.15) is 5.82 Å². The second-order valence-electron chi connectivity index (χ2n) is 6.45. The van der Waals surface area contributed by atoms with E-state index in [4.69, 9.17) is 4.74 Å². The third kappa shape index (κ3) is 6.02. The Bertz CT molecular complexity index is 444. The maximum absolute atomic E-state index is 5.71. The molecule has 0 unspecified atom stereocenters. The number of rotatable bonds is 9. The monoisotopic (exact) mass is 291 g/mol. The molecule has 0 bridgehead atoms. The summed E-state index contributed by atoms with van der Waals surface area (Å²) in [6.07, 6.45) is 2.70. The second kappa shape index (κ2) is 7.76. The normalized spacial score (nSPS) is 14.7. The van der Waals surface area contributed by atoms with Gasteiger partial charge in [-0.05, 0) is 43.4 Å². The number of hydrogen-bond acceptors (Lipinski definition) is 4. The molecule has 118 valence electrons. The van der Waals surface area contributed by atoms with Crippen molar-refractivity contribution in [3.05, 3.63) is 23.4 Å². The van der Waals surface area contributed by atoms with Gasteiger partial charge in [0, 0.05) is 38.5 Å². The summed E-state index contributed by atoms with van der Waals surface area (Å²) in [6, 6.07) is 4.81. The molecule has 1 aliphatic rings. The fourth-order valence-electron chi connectivity index (χ4n) is 2.19. The van der Waals surface area contributed by atoms with E-state index in [1.165, 1.54) is 18.4 Å². The highest BCUT2D eigenvalue weighted by Gasteiger charge is 2.21. The first-order valence-electron chi connectivity index (χ1n) is 8.04. The van der Waals surface area contributed by atoms with Crippen LogP contribution in [0.25, 0.3) is 0 Å². The minimum absolute atomic E-state index is 0.496. The van der Waals surface area contributed by atoms with Crippen LogP contribution in [0.1, 0.15) is 37.9 Å². The Morgan fingerprint density at radius 2 is 2.14 bits per heavy atom. The predicted molar refractivity (Wildman–Crippen MR) is 87.8 cm³/mol. The summed E-state index contributed by atoms with van der Waals surface area (Å²) in [7, 11) is 2.09. The van der Waals surface area contributed by atoms with E-state index < -0.39 is 0 Å². The molecule has 1 aliphatic carbocycles. The first kappa shape index (κ1) is 16.2. The molecule has 1 heterocycles. The van der Waals surface area contributed by atoms with Crippen molar-refractivity contribution in [3.8, 4) is 0 Å². The fourth-order valence-corrected chi connectivity index (χ4v) is 2.19. The van der Waals surface area contributed by atoms with Crippen molar-refractivity contribution in [3.63, 3.8) is 0 Å². The van der Waals surface area contributed by atoms with Crippen LogP contribution in [0.3, 0.4) is 0 Å². The lowest BCUT2D eigenvalue weighted by Crippen LogP contribution is -2.25. The Morgan fingerprint density at radius 1 is 1.38 bits per heavy atom. The summed E-state index contributed by atoms with van der Waals surface area (Å²) >= 11 is 0. The first-order chi connectivity index (χ1) is 10.0.